The van der Waals surface area contributed by atoms with Crippen molar-refractivity contribution in [3.63, 3.8) is 0 Å². The first-order valence-electron chi connectivity index (χ1n) is 12.3. The number of nitrogens with zero attached hydrogens (tertiary/aromatic N) is 1. The lowest BCUT2D eigenvalue weighted by Gasteiger charge is -2.32. The Morgan fingerprint density at radius 1 is 1.27 bits per heavy atom. The first-order valence-corrected chi connectivity index (χ1v) is 12.3. The Morgan fingerprint density at radius 3 is 2.70 bits per heavy atom. The number of nitrogens with one attached hydrogen (secondary N) is 1. The Balaban J connectivity index is 1.58. The molecule has 1 aromatic heterocycles. The van der Waals surface area contributed by atoms with Gasteiger partial charge in [0.15, 0.2) is 12.4 Å². The summed E-state index contributed by atoms with van der Waals surface area (Å²) in [6, 6.07) is 0. The van der Waals surface area contributed by atoms with Crippen molar-refractivity contribution in [1.82, 2.24) is 9.55 Å². The third-order valence-electron chi connectivity index (χ3n) is 6.67. The van der Waals surface area contributed by atoms with Crippen LogP contribution in [0.1, 0.15) is 66.5 Å². The normalized spacial score (nSPS) is 24.9. The summed E-state index contributed by atoms with van der Waals surface area (Å²) in [5.41, 5.74) is 2.66. The zero-order valence-electron chi connectivity index (χ0n) is 21.9. The molecule has 2 N–H and O–H groups in total. The maximum atomic E-state index is 13.6. The summed E-state index contributed by atoms with van der Waals surface area (Å²) in [6.07, 6.45) is 11.6. The number of hydrogen-bond donors (Lipinski definition) is 2. The maximum Gasteiger partial charge on any atom is 0.331 e. The van der Waals surface area contributed by atoms with Gasteiger partial charge in [-0.2, -0.15) is 4.39 Å². The second-order valence-electron chi connectivity index (χ2n) is 10.3. The van der Waals surface area contributed by atoms with Crippen molar-refractivity contribution >= 4 is 5.97 Å². The van der Waals surface area contributed by atoms with Crippen LogP contribution in [-0.4, -0.2) is 33.0 Å². The van der Waals surface area contributed by atoms with Crippen molar-refractivity contribution in [1.29, 1.82) is 0 Å². The third kappa shape index (κ3) is 7.36. The SMILES string of the molecule is CC1=C(/C=C/C(C)=C/C=C/C(C)=C/C(=O)OC2CC(n3cc(F)c(=O)[nH]c3=O)OC2O)C(C)(C)CCC1. The fourth-order valence-electron chi connectivity index (χ4n) is 4.63. The van der Waals surface area contributed by atoms with Crippen LogP contribution >= 0.6 is 0 Å². The van der Waals surface area contributed by atoms with E-state index in [0.717, 1.165) is 16.6 Å². The van der Waals surface area contributed by atoms with Gasteiger partial charge in [-0.15, -0.1) is 0 Å². The summed E-state index contributed by atoms with van der Waals surface area (Å²) in [4.78, 5) is 37.3. The molecular formula is C28H35FN2O6. The van der Waals surface area contributed by atoms with Crippen molar-refractivity contribution in [2.24, 2.45) is 5.41 Å². The highest BCUT2D eigenvalue weighted by Crippen LogP contribution is 2.40. The molecule has 9 heteroatoms. The van der Waals surface area contributed by atoms with Gasteiger partial charge in [-0.25, -0.2) is 9.59 Å². The van der Waals surface area contributed by atoms with E-state index in [1.807, 2.05) is 24.1 Å². The molecule has 200 valence electrons. The zero-order chi connectivity index (χ0) is 27.3. The van der Waals surface area contributed by atoms with Crippen molar-refractivity contribution in [3.8, 4) is 0 Å². The van der Waals surface area contributed by atoms with Gasteiger partial charge in [-0.05, 0) is 56.6 Å². The number of aromatic nitrogens is 2. The number of aliphatic hydroxyl groups is 1. The molecule has 1 aliphatic carbocycles. The Bertz CT molecular complexity index is 1290. The molecule has 0 aromatic carbocycles. The molecule has 1 saturated heterocycles. The summed E-state index contributed by atoms with van der Waals surface area (Å²) < 4.78 is 24.8. The average Bonchev–Trinajstić information content (AvgIpc) is 3.15. The minimum Gasteiger partial charge on any atom is -0.454 e. The number of carbonyl (C=O) groups excluding carboxylic acids is 1. The topological polar surface area (TPSA) is 111 Å². The molecule has 1 fully saturated rings. The van der Waals surface area contributed by atoms with Crippen LogP contribution in [0.5, 0.6) is 0 Å². The third-order valence-corrected chi connectivity index (χ3v) is 6.67. The summed E-state index contributed by atoms with van der Waals surface area (Å²) in [7, 11) is 0. The number of hydrogen-bond acceptors (Lipinski definition) is 6. The van der Waals surface area contributed by atoms with Crippen LogP contribution in [0.15, 0.2) is 74.5 Å². The van der Waals surface area contributed by atoms with Gasteiger partial charge in [0.25, 0.3) is 5.56 Å². The summed E-state index contributed by atoms with van der Waals surface area (Å²) in [5, 5.41) is 10.1. The maximum absolute atomic E-state index is 13.6. The summed E-state index contributed by atoms with van der Waals surface area (Å²) >= 11 is 0. The van der Waals surface area contributed by atoms with Gasteiger partial charge in [0.05, 0.1) is 6.20 Å². The van der Waals surface area contributed by atoms with Gasteiger partial charge in [0.2, 0.25) is 5.82 Å². The van der Waals surface area contributed by atoms with Crippen LogP contribution in [0.2, 0.25) is 0 Å². The van der Waals surface area contributed by atoms with E-state index < -0.39 is 41.7 Å². The predicted molar refractivity (Wildman–Crippen MR) is 138 cm³/mol. The number of rotatable bonds is 7. The van der Waals surface area contributed by atoms with E-state index in [1.165, 1.54) is 30.1 Å². The van der Waals surface area contributed by atoms with E-state index in [2.05, 4.69) is 32.9 Å². The van der Waals surface area contributed by atoms with Crippen LogP contribution in [0.3, 0.4) is 0 Å². The molecule has 0 spiro atoms. The largest absolute Gasteiger partial charge is 0.454 e. The Labute approximate surface area is 215 Å². The quantitative estimate of drug-likeness (QED) is 0.318. The second kappa shape index (κ2) is 11.8. The molecule has 0 saturated carbocycles. The molecule has 1 aromatic rings. The van der Waals surface area contributed by atoms with E-state index >= 15 is 0 Å². The minimum absolute atomic E-state index is 0.0952. The van der Waals surface area contributed by atoms with Gasteiger partial charge in [-0.1, -0.05) is 55.4 Å². The molecule has 0 radical (unpaired) electrons. The smallest absolute Gasteiger partial charge is 0.331 e. The first-order chi connectivity index (χ1) is 17.4. The standard InChI is InChI=1S/C28H35FN2O6/c1-17(11-12-20-19(3)10-7-13-28(20,4)5)8-6-9-18(2)14-24(32)36-22-15-23(37-26(22)34)31-16-21(29)25(33)30-27(31)35/h6,8-9,11-12,14,16,22-23,26,34H,7,10,13,15H2,1-5H3,(H,30,33,35)/b9-6+,12-11+,17-8+,18-14+. The van der Waals surface area contributed by atoms with Gasteiger partial charge in [0.1, 0.15) is 6.23 Å². The molecular weight excluding hydrogens is 479 g/mol. The van der Waals surface area contributed by atoms with Crippen LogP contribution < -0.4 is 11.2 Å². The molecule has 3 unspecified atom stereocenters. The highest BCUT2D eigenvalue weighted by Gasteiger charge is 2.38. The lowest BCUT2D eigenvalue weighted by molar-refractivity contribution is -0.169. The van der Waals surface area contributed by atoms with Crippen molar-refractivity contribution < 1.29 is 23.8 Å². The molecule has 0 amide bonds. The number of halogens is 1. The molecule has 2 aliphatic rings. The number of aliphatic hydroxyl groups excluding tert-OH is 1. The second-order valence-corrected chi connectivity index (χ2v) is 10.3. The van der Waals surface area contributed by atoms with Crippen molar-refractivity contribution in [3.05, 3.63) is 91.6 Å². The van der Waals surface area contributed by atoms with E-state index in [1.54, 1.807) is 13.0 Å². The number of aromatic amines is 1. The minimum atomic E-state index is -1.51. The highest BCUT2D eigenvalue weighted by atomic mass is 19.1. The molecule has 37 heavy (non-hydrogen) atoms. The molecule has 1 aliphatic heterocycles. The summed E-state index contributed by atoms with van der Waals surface area (Å²) in [6.45, 7) is 10.5. The van der Waals surface area contributed by atoms with E-state index in [0.29, 0.717) is 11.8 Å². The monoisotopic (exact) mass is 514 g/mol. The Hall–Kier alpha value is -3.30. The fourth-order valence-corrected chi connectivity index (χ4v) is 4.63. The van der Waals surface area contributed by atoms with Crippen molar-refractivity contribution in [2.75, 3.05) is 0 Å². The van der Waals surface area contributed by atoms with Crippen molar-refractivity contribution in [2.45, 2.75) is 78.9 Å². The number of H-pyrrole nitrogens is 1. The van der Waals surface area contributed by atoms with Gasteiger partial charge in [0, 0.05) is 12.5 Å². The number of allylic oxidation sites excluding steroid dienone is 9. The van der Waals surface area contributed by atoms with Crippen LogP contribution in [0.25, 0.3) is 0 Å². The summed E-state index contributed by atoms with van der Waals surface area (Å²) in [5.74, 6) is -1.87. The van der Waals surface area contributed by atoms with E-state index in [4.69, 9.17) is 9.47 Å². The lowest BCUT2D eigenvalue weighted by atomic mass is 9.72. The molecule has 3 atom stereocenters. The zero-order valence-corrected chi connectivity index (χ0v) is 21.9. The van der Waals surface area contributed by atoms with E-state index in [-0.39, 0.29) is 11.8 Å². The van der Waals surface area contributed by atoms with Crippen LogP contribution in [0.4, 0.5) is 4.39 Å². The molecule has 0 bridgehead atoms. The van der Waals surface area contributed by atoms with Crippen LogP contribution in [-0.2, 0) is 14.3 Å². The molecule has 2 heterocycles. The lowest BCUT2D eigenvalue weighted by Crippen LogP contribution is -2.33. The average molecular weight is 515 g/mol. The fraction of sp³-hybridized carbons (Fsp3) is 0.464. The predicted octanol–water partition coefficient (Wildman–Crippen LogP) is 4.36. The number of esters is 1. The van der Waals surface area contributed by atoms with Gasteiger partial charge in [-0.3, -0.25) is 14.3 Å². The first kappa shape index (κ1) is 28.3. The highest BCUT2D eigenvalue weighted by molar-refractivity contribution is 5.83. The number of carbonyl (C=O) groups is 1. The van der Waals surface area contributed by atoms with E-state index in [9.17, 15) is 23.9 Å². The Kier molecular flexibility index (Phi) is 9.04. The molecule has 8 nitrogen and oxygen atoms in total. The Morgan fingerprint density at radius 2 is 2.00 bits per heavy atom. The van der Waals surface area contributed by atoms with Gasteiger partial charge >= 0.3 is 11.7 Å². The van der Waals surface area contributed by atoms with Crippen LogP contribution in [0, 0.1) is 11.2 Å². The molecule has 3 rings (SSSR count). The number of ether oxygens (including phenoxy) is 2. The van der Waals surface area contributed by atoms with Gasteiger partial charge < -0.3 is 14.6 Å².